The van der Waals surface area contributed by atoms with Gasteiger partial charge >= 0.3 is 0 Å². The normalized spacial score (nSPS) is 12.8. The number of hydrogen-bond acceptors (Lipinski definition) is 1. The number of alkyl halides is 1. The number of hydrogen-bond donors (Lipinski definition) is 0. The molecule has 0 amide bonds. The molecule has 6 heteroatoms. The molecule has 0 saturated heterocycles. The lowest BCUT2D eigenvalue weighted by Gasteiger charge is -2.10. The van der Waals surface area contributed by atoms with Crippen LogP contribution >= 0.6 is 82.3 Å². The van der Waals surface area contributed by atoms with Crippen molar-refractivity contribution in [3.63, 3.8) is 0 Å². The molecule has 1 unspecified atom stereocenters. The molecule has 17 heavy (non-hydrogen) atoms. The predicted octanol–water partition coefficient (Wildman–Crippen LogP) is 7.02. The molecule has 1 aromatic heterocycles. The maximum atomic E-state index is 6.44. The van der Waals surface area contributed by atoms with E-state index in [4.69, 9.17) is 23.2 Å². The van der Waals surface area contributed by atoms with Crippen molar-refractivity contribution in [2.24, 2.45) is 0 Å². The van der Waals surface area contributed by atoms with Crippen molar-refractivity contribution in [3.8, 4) is 0 Å². The fourth-order valence-corrected chi connectivity index (χ4v) is 4.66. The Morgan fingerprint density at radius 3 is 2.35 bits per heavy atom. The maximum absolute atomic E-state index is 6.44. The highest BCUT2D eigenvalue weighted by Gasteiger charge is 2.18. The van der Waals surface area contributed by atoms with Crippen LogP contribution in [-0.2, 0) is 0 Å². The van der Waals surface area contributed by atoms with E-state index in [1.54, 1.807) is 11.3 Å². The van der Waals surface area contributed by atoms with Gasteiger partial charge in [0.15, 0.2) is 0 Å². The van der Waals surface area contributed by atoms with Crippen LogP contribution in [0.3, 0.4) is 0 Å². The van der Waals surface area contributed by atoms with Crippen molar-refractivity contribution >= 4 is 82.3 Å². The zero-order valence-corrected chi connectivity index (χ0v) is 15.3. The van der Waals surface area contributed by atoms with Crippen molar-refractivity contribution in [1.82, 2.24) is 0 Å². The summed E-state index contributed by atoms with van der Waals surface area (Å²) >= 11 is 24.5. The molecule has 0 N–H and O–H groups in total. The zero-order valence-electron chi connectivity index (χ0n) is 8.18. The van der Waals surface area contributed by atoms with Crippen molar-refractivity contribution in [3.05, 3.63) is 52.5 Å². The van der Waals surface area contributed by atoms with Gasteiger partial charge in [0.05, 0.1) is 9.16 Å². The van der Waals surface area contributed by atoms with Crippen LogP contribution in [0.4, 0.5) is 0 Å². The molecule has 0 nitrogen and oxygen atoms in total. The van der Waals surface area contributed by atoms with E-state index in [9.17, 15) is 0 Å². The first-order chi connectivity index (χ1) is 7.99. The van der Waals surface area contributed by atoms with Crippen LogP contribution in [-0.4, -0.2) is 0 Å². The Hall–Kier alpha value is 0.940. The Morgan fingerprint density at radius 1 is 1.12 bits per heavy atom. The molecule has 1 aromatic carbocycles. The molecule has 0 spiro atoms. The minimum atomic E-state index is -0.233. The first-order valence-electron chi connectivity index (χ1n) is 4.53. The molecule has 90 valence electrons. The summed E-state index contributed by atoms with van der Waals surface area (Å²) in [5.41, 5.74) is 0.915. The Balaban J connectivity index is 2.39. The summed E-state index contributed by atoms with van der Waals surface area (Å²) in [6, 6.07) is 7.73. The number of halogens is 5. The van der Waals surface area contributed by atoms with Crippen molar-refractivity contribution in [2.75, 3.05) is 0 Å². The number of rotatable bonds is 2. The second-order valence-electron chi connectivity index (χ2n) is 3.30. The lowest BCUT2D eigenvalue weighted by molar-refractivity contribution is 1.18. The molecular formula is C11H5Br3Cl2S. The molecule has 0 saturated carbocycles. The molecule has 0 aliphatic carbocycles. The molecule has 0 radical (unpaired) electrons. The fraction of sp³-hybridized carbons (Fsp3) is 0.0909. The highest BCUT2D eigenvalue weighted by molar-refractivity contribution is 9.13. The summed E-state index contributed by atoms with van der Waals surface area (Å²) in [5, 5.41) is 0.434. The molecule has 0 aliphatic rings. The van der Waals surface area contributed by atoms with Gasteiger partial charge < -0.3 is 0 Å². The second-order valence-corrected chi connectivity index (χ2v) is 8.31. The van der Waals surface area contributed by atoms with Crippen LogP contribution in [0, 0.1) is 0 Å². The van der Waals surface area contributed by atoms with Crippen molar-refractivity contribution < 1.29 is 0 Å². The molecule has 1 heterocycles. The largest absolute Gasteiger partial charge is 0.130 e. The van der Waals surface area contributed by atoms with Gasteiger partial charge in [-0.05, 0) is 55.6 Å². The van der Waals surface area contributed by atoms with E-state index in [0.29, 0.717) is 5.02 Å². The average molecular weight is 480 g/mol. The first-order valence-corrected chi connectivity index (χ1v) is 8.54. The van der Waals surface area contributed by atoms with Gasteiger partial charge in [0.2, 0.25) is 0 Å². The third-order valence-corrected chi connectivity index (χ3v) is 6.89. The fourth-order valence-electron chi connectivity index (χ4n) is 1.35. The van der Waals surface area contributed by atoms with Gasteiger partial charge in [0.25, 0.3) is 0 Å². The predicted molar refractivity (Wildman–Crippen MR) is 86.6 cm³/mol. The molecule has 0 fully saturated rings. The topological polar surface area (TPSA) is 0 Å². The summed E-state index contributed by atoms with van der Waals surface area (Å²) in [4.78, 5) is 1.05. The summed E-state index contributed by atoms with van der Waals surface area (Å²) in [6.07, 6.45) is 0. The van der Waals surface area contributed by atoms with Crippen LogP contribution in [0.2, 0.25) is 5.02 Å². The Labute approximate surface area is 139 Å². The Kier molecular flexibility index (Phi) is 5.01. The van der Waals surface area contributed by atoms with Crippen LogP contribution in [0.5, 0.6) is 0 Å². The minimum Gasteiger partial charge on any atom is -0.130 e. The third kappa shape index (κ3) is 3.28. The molecule has 0 aliphatic heterocycles. The van der Waals surface area contributed by atoms with Crippen LogP contribution in [0.15, 0.2) is 37.0 Å². The van der Waals surface area contributed by atoms with Gasteiger partial charge in [-0.3, -0.25) is 0 Å². The quantitative estimate of drug-likeness (QED) is 0.406. The Bertz CT molecular complexity index is 534. The Morgan fingerprint density at radius 2 is 1.82 bits per heavy atom. The third-order valence-electron chi connectivity index (χ3n) is 2.15. The molecule has 2 aromatic rings. The average Bonchev–Trinajstić information content (AvgIpc) is 2.58. The highest BCUT2D eigenvalue weighted by atomic mass is 79.9. The summed E-state index contributed by atoms with van der Waals surface area (Å²) in [6.45, 7) is 0. The monoisotopic (exact) mass is 476 g/mol. The molecule has 2 rings (SSSR count). The van der Waals surface area contributed by atoms with E-state index in [-0.39, 0.29) is 5.38 Å². The van der Waals surface area contributed by atoms with Gasteiger partial charge in [-0.1, -0.05) is 33.6 Å². The smallest absolute Gasteiger partial charge is 0.0942 e. The minimum absolute atomic E-state index is 0.233. The summed E-state index contributed by atoms with van der Waals surface area (Å²) < 4.78 is 2.99. The standard InChI is InChI=1S/C11H5Br3Cl2S/c12-5-1-2-6(8(15)3-5)10(16)9-4-7(13)11(14)17-9/h1-4,10H. The van der Waals surface area contributed by atoms with E-state index in [0.717, 1.165) is 23.2 Å². The van der Waals surface area contributed by atoms with E-state index < -0.39 is 0 Å². The highest BCUT2D eigenvalue weighted by Crippen LogP contribution is 2.42. The molecular weight excluding hydrogens is 475 g/mol. The van der Waals surface area contributed by atoms with E-state index in [1.807, 2.05) is 24.3 Å². The van der Waals surface area contributed by atoms with Crippen molar-refractivity contribution in [1.29, 1.82) is 0 Å². The number of thiophene rings is 1. The summed E-state index contributed by atoms with van der Waals surface area (Å²) in [7, 11) is 0. The maximum Gasteiger partial charge on any atom is 0.0942 e. The van der Waals surface area contributed by atoms with Gasteiger partial charge in [-0.2, -0.15) is 0 Å². The van der Waals surface area contributed by atoms with E-state index in [2.05, 4.69) is 47.8 Å². The van der Waals surface area contributed by atoms with Crippen LogP contribution in [0.25, 0.3) is 0 Å². The molecule has 0 bridgehead atoms. The second kappa shape index (κ2) is 5.93. The van der Waals surface area contributed by atoms with E-state index in [1.165, 1.54) is 0 Å². The molecule has 1 atom stereocenters. The van der Waals surface area contributed by atoms with Gasteiger partial charge in [0, 0.05) is 18.8 Å². The SMILES string of the molecule is Clc1cc(Br)ccc1C(Cl)c1cc(Br)c(Br)s1. The van der Waals surface area contributed by atoms with Crippen LogP contribution < -0.4 is 0 Å². The van der Waals surface area contributed by atoms with Gasteiger partial charge in [0.1, 0.15) is 0 Å². The lowest BCUT2D eigenvalue weighted by Crippen LogP contribution is -1.91. The van der Waals surface area contributed by atoms with Crippen LogP contribution in [0.1, 0.15) is 15.8 Å². The zero-order chi connectivity index (χ0) is 12.6. The number of benzene rings is 1. The van der Waals surface area contributed by atoms with Gasteiger partial charge in [-0.15, -0.1) is 22.9 Å². The lowest BCUT2D eigenvalue weighted by atomic mass is 10.1. The van der Waals surface area contributed by atoms with E-state index >= 15 is 0 Å². The van der Waals surface area contributed by atoms with Gasteiger partial charge in [-0.25, -0.2) is 0 Å². The first kappa shape index (κ1) is 14.4. The summed E-state index contributed by atoms with van der Waals surface area (Å²) in [5.74, 6) is 0. The van der Waals surface area contributed by atoms with Crippen molar-refractivity contribution in [2.45, 2.75) is 5.38 Å².